The lowest BCUT2D eigenvalue weighted by Gasteiger charge is -2.35. The van der Waals surface area contributed by atoms with Crippen LogP contribution in [0.3, 0.4) is 0 Å². The summed E-state index contributed by atoms with van der Waals surface area (Å²) >= 11 is 0. The minimum absolute atomic E-state index is 0.218. The van der Waals surface area contributed by atoms with Crippen LogP contribution in [0.5, 0.6) is 0 Å². The van der Waals surface area contributed by atoms with E-state index in [4.69, 9.17) is 0 Å². The van der Waals surface area contributed by atoms with E-state index in [1.165, 1.54) is 11.2 Å². The molecule has 1 aliphatic rings. The van der Waals surface area contributed by atoms with Gasteiger partial charge in [0.05, 0.1) is 0 Å². The maximum atomic E-state index is 12.8. The zero-order valence-corrected chi connectivity index (χ0v) is 9.28. The fourth-order valence-electron chi connectivity index (χ4n) is 1.53. The summed E-state index contributed by atoms with van der Waals surface area (Å²) in [5.41, 5.74) is 0. The van der Waals surface area contributed by atoms with Crippen molar-refractivity contribution in [1.82, 2.24) is 9.91 Å². The highest BCUT2D eigenvalue weighted by Gasteiger charge is 2.50. The van der Waals surface area contributed by atoms with Gasteiger partial charge in [-0.25, -0.2) is 0 Å². The fourth-order valence-corrected chi connectivity index (χ4v) is 1.53. The summed E-state index contributed by atoms with van der Waals surface area (Å²) < 4.78 is 38.5. The molecule has 0 aromatic heterocycles. The Kier molecular flexibility index (Phi) is 3.16. The third kappa shape index (κ3) is 2.35. The second kappa shape index (κ2) is 3.90. The predicted octanol–water partition coefficient (Wildman–Crippen LogP) is 2.25. The van der Waals surface area contributed by atoms with Crippen LogP contribution in [0.15, 0.2) is 5.10 Å². The summed E-state index contributed by atoms with van der Waals surface area (Å²) in [6.07, 6.45) is -4.65. The summed E-state index contributed by atoms with van der Waals surface area (Å²) in [5.74, 6) is 0. The van der Waals surface area contributed by atoms with Crippen molar-refractivity contribution in [3.05, 3.63) is 0 Å². The first-order valence-corrected chi connectivity index (χ1v) is 4.91. The van der Waals surface area contributed by atoms with Gasteiger partial charge in [0.2, 0.25) is 6.17 Å². The number of halogens is 3. The second-order valence-electron chi connectivity index (χ2n) is 4.16. The van der Waals surface area contributed by atoms with E-state index < -0.39 is 12.3 Å². The van der Waals surface area contributed by atoms with E-state index >= 15 is 0 Å². The Morgan fingerprint density at radius 1 is 1.13 bits per heavy atom. The molecule has 0 amide bonds. The van der Waals surface area contributed by atoms with Crippen LogP contribution in [0.1, 0.15) is 27.7 Å². The summed E-state index contributed by atoms with van der Waals surface area (Å²) in [6.45, 7) is 6.82. The average Bonchev–Trinajstić information content (AvgIpc) is 2.45. The summed E-state index contributed by atoms with van der Waals surface area (Å²) in [5, 5.41) is 4.88. The van der Waals surface area contributed by atoms with Crippen LogP contribution in [0.25, 0.3) is 0 Å². The van der Waals surface area contributed by atoms with Crippen LogP contribution in [-0.2, 0) is 0 Å². The van der Waals surface area contributed by atoms with Crippen molar-refractivity contribution in [3.8, 4) is 0 Å². The van der Waals surface area contributed by atoms with E-state index in [0.29, 0.717) is 0 Å². The lowest BCUT2D eigenvalue weighted by Crippen LogP contribution is -2.54. The molecule has 1 heterocycles. The molecule has 6 heteroatoms. The van der Waals surface area contributed by atoms with Crippen molar-refractivity contribution in [2.24, 2.45) is 5.10 Å². The van der Waals surface area contributed by atoms with E-state index in [2.05, 4.69) is 5.10 Å². The van der Waals surface area contributed by atoms with Gasteiger partial charge in [-0.05, 0) is 27.7 Å². The average molecular weight is 223 g/mol. The largest absolute Gasteiger partial charge is 0.429 e. The van der Waals surface area contributed by atoms with Gasteiger partial charge in [-0.2, -0.15) is 18.3 Å². The summed E-state index contributed by atoms with van der Waals surface area (Å²) in [7, 11) is 0. The smallest absolute Gasteiger partial charge is 0.329 e. The molecule has 3 nitrogen and oxygen atoms in total. The van der Waals surface area contributed by atoms with E-state index in [-0.39, 0.29) is 12.1 Å². The Labute approximate surface area is 87.5 Å². The molecule has 0 radical (unpaired) electrons. The molecule has 0 aliphatic carbocycles. The maximum Gasteiger partial charge on any atom is 0.429 e. The fraction of sp³-hybridized carbons (Fsp3) is 0.889. The molecule has 0 spiro atoms. The van der Waals surface area contributed by atoms with Crippen LogP contribution in [-0.4, -0.2) is 40.7 Å². The minimum Gasteiger partial charge on any atom is -0.329 e. The third-order valence-electron chi connectivity index (χ3n) is 2.27. The van der Waals surface area contributed by atoms with Gasteiger partial charge in [0.1, 0.15) is 6.34 Å². The molecule has 1 atom stereocenters. The number of rotatable bonds is 2. The van der Waals surface area contributed by atoms with Gasteiger partial charge in [-0.3, -0.25) is 5.01 Å². The predicted molar refractivity (Wildman–Crippen MR) is 52.3 cm³/mol. The molecule has 0 aromatic rings. The Balaban J connectivity index is 2.93. The van der Waals surface area contributed by atoms with Gasteiger partial charge in [0, 0.05) is 12.1 Å². The Hall–Kier alpha value is -0.940. The van der Waals surface area contributed by atoms with E-state index in [1.807, 2.05) is 0 Å². The molecular formula is C9H16F3N3. The first-order valence-electron chi connectivity index (χ1n) is 4.91. The van der Waals surface area contributed by atoms with Gasteiger partial charge in [-0.1, -0.05) is 0 Å². The molecule has 15 heavy (non-hydrogen) atoms. The molecule has 0 saturated heterocycles. The Bertz CT molecular complexity index is 229. The van der Waals surface area contributed by atoms with Crippen molar-refractivity contribution < 1.29 is 13.2 Å². The molecule has 0 N–H and O–H groups in total. The molecule has 88 valence electrons. The SMILES string of the molecule is CC(C)N1C=NN(C(C)C)C1C(F)(F)F. The van der Waals surface area contributed by atoms with Gasteiger partial charge >= 0.3 is 6.18 Å². The number of hydrogen-bond acceptors (Lipinski definition) is 3. The molecule has 0 aromatic carbocycles. The van der Waals surface area contributed by atoms with Crippen LogP contribution >= 0.6 is 0 Å². The standard InChI is InChI=1S/C9H16F3N3/c1-6(2)14-5-13-15(7(3)4)8(14)9(10,11)12/h5-8H,1-4H3. The zero-order valence-electron chi connectivity index (χ0n) is 9.28. The van der Waals surface area contributed by atoms with Crippen molar-refractivity contribution in [3.63, 3.8) is 0 Å². The van der Waals surface area contributed by atoms with Crippen molar-refractivity contribution in [2.45, 2.75) is 52.1 Å². The second-order valence-corrected chi connectivity index (χ2v) is 4.16. The number of nitrogens with zero attached hydrogens (tertiary/aromatic N) is 3. The first kappa shape index (κ1) is 12.1. The lowest BCUT2D eigenvalue weighted by atomic mass is 10.2. The highest BCUT2D eigenvalue weighted by molar-refractivity contribution is 5.57. The van der Waals surface area contributed by atoms with Crippen LogP contribution in [0.2, 0.25) is 0 Å². The van der Waals surface area contributed by atoms with Gasteiger partial charge < -0.3 is 4.90 Å². The molecule has 1 rings (SSSR count). The summed E-state index contributed by atoms with van der Waals surface area (Å²) in [4.78, 5) is 1.22. The van der Waals surface area contributed by atoms with Crippen molar-refractivity contribution >= 4 is 6.34 Å². The quantitative estimate of drug-likeness (QED) is 0.715. The third-order valence-corrected chi connectivity index (χ3v) is 2.27. The number of hydrogen-bond donors (Lipinski definition) is 0. The molecule has 0 fully saturated rings. The molecule has 0 bridgehead atoms. The normalized spacial score (nSPS) is 22.3. The van der Waals surface area contributed by atoms with E-state index in [0.717, 1.165) is 5.01 Å². The van der Waals surface area contributed by atoms with E-state index in [1.54, 1.807) is 27.7 Å². The lowest BCUT2D eigenvalue weighted by molar-refractivity contribution is -0.214. The topological polar surface area (TPSA) is 18.8 Å². The van der Waals surface area contributed by atoms with Crippen LogP contribution in [0.4, 0.5) is 13.2 Å². The van der Waals surface area contributed by atoms with Crippen molar-refractivity contribution in [1.29, 1.82) is 0 Å². The minimum atomic E-state index is -4.29. The highest BCUT2D eigenvalue weighted by atomic mass is 19.4. The van der Waals surface area contributed by atoms with E-state index in [9.17, 15) is 13.2 Å². The zero-order chi connectivity index (χ0) is 11.8. The van der Waals surface area contributed by atoms with Gasteiger partial charge in [0.15, 0.2) is 0 Å². The van der Waals surface area contributed by atoms with Gasteiger partial charge in [0.25, 0.3) is 0 Å². The summed E-state index contributed by atoms with van der Waals surface area (Å²) in [6, 6.07) is -0.485. The monoisotopic (exact) mass is 223 g/mol. The first-order chi connectivity index (χ1) is 6.75. The van der Waals surface area contributed by atoms with Crippen molar-refractivity contribution in [2.75, 3.05) is 0 Å². The molecule has 1 unspecified atom stereocenters. The number of alkyl halides is 3. The highest BCUT2D eigenvalue weighted by Crippen LogP contribution is 2.32. The number of hydrazone groups is 1. The maximum absolute atomic E-state index is 12.8. The molecule has 1 aliphatic heterocycles. The Morgan fingerprint density at radius 3 is 2.00 bits per heavy atom. The molecular weight excluding hydrogens is 207 g/mol. The molecule has 0 saturated carbocycles. The Morgan fingerprint density at radius 2 is 1.67 bits per heavy atom. The van der Waals surface area contributed by atoms with Crippen LogP contribution in [0, 0.1) is 0 Å². The van der Waals surface area contributed by atoms with Gasteiger partial charge in [-0.15, -0.1) is 0 Å². The van der Waals surface area contributed by atoms with Crippen LogP contribution < -0.4 is 0 Å².